The molecule has 0 bridgehead atoms. The molecule has 0 aliphatic carbocycles. The first-order chi connectivity index (χ1) is 61.5. The summed E-state index contributed by atoms with van der Waals surface area (Å²) in [5.41, 5.74) is 27.9. The Morgan fingerprint density at radius 1 is 0.185 bits per heavy atom. The van der Waals surface area contributed by atoms with Gasteiger partial charge in [-0.2, -0.15) is 0 Å². The third-order valence-corrected chi connectivity index (χ3v) is 23.9. The fourth-order valence-electron chi connectivity index (χ4n) is 18.1. The number of hydrogen-bond acceptors (Lipinski definition) is 8. The van der Waals surface area contributed by atoms with Gasteiger partial charge in [0.1, 0.15) is 0 Å². The fraction of sp³-hybridized carbons (Fsp3) is 0. The van der Waals surface area contributed by atoms with Crippen LogP contribution in [0.1, 0.15) is 0 Å². The Labute approximate surface area is 714 Å². The van der Waals surface area contributed by atoms with Crippen LogP contribution >= 0.6 is 0 Å². The summed E-state index contributed by atoms with van der Waals surface area (Å²) in [6.45, 7) is 0. The molecule has 0 fully saturated rings. The van der Waals surface area contributed by atoms with Crippen LogP contribution in [0.15, 0.2) is 437 Å². The van der Waals surface area contributed by atoms with Crippen LogP contribution in [-0.4, -0.2) is 49.0 Å². The van der Waals surface area contributed by atoms with E-state index in [9.17, 15) is 0 Å². The van der Waals surface area contributed by atoms with E-state index >= 15 is 0 Å². The highest BCUT2D eigenvalue weighted by Gasteiger charge is 2.25. The number of rotatable bonds is 13. The van der Waals surface area contributed by atoms with Crippen LogP contribution in [-0.2, 0) is 0 Å². The Bertz CT molecular complexity index is 8170. The van der Waals surface area contributed by atoms with Crippen LogP contribution in [0, 0.1) is 0 Å². The summed E-state index contributed by atoms with van der Waals surface area (Å²) in [6, 6.07) is 149. The van der Waals surface area contributed by atoms with E-state index in [0.717, 1.165) is 172 Å². The molecule has 16 aromatic carbocycles. The number of benzene rings is 16. The first-order valence-electron chi connectivity index (χ1n) is 41.8. The Morgan fingerprint density at radius 2 is 0.540 bits per heavy atom. The van der Waals surface area contributed by atoms with Gasteiger partial charge in [0.15, 0.2) is 17.5 Å². The second-order valence-corrected chi connectivity index (χ2v) is 31.2. The van der Waals surface area contributed by atoms with E-state index in [-0.39, 0.29) is 0 Å². The lowest BCUT2D eigenvalue weighted by molar-refractivity contribution is 1.08. The Kier molecular flexibility index (Phi) is 18.0. The molecule has 10 heteroatoms. The van der Waals surface area contributed by atoms with Gasteiger partial charge in [-0.15, -0.1) is 0 Å². The molecule has 24 aromatic rings. The molecule has 0 radical (unpaired) electrons. The molecule has 0 atom stereocenters. The van der Waals surface area contributed by atoms with Gasteiger partial charge in [-0.25, -0.2) is 29.9 Å². The number of pyridine rings is 5. The summed E-state index contributed by atoms with van der Waals surface area (Å²) in [5, 5.41) is 14.1. The Morgan fingerprint density at radius 3 is 1.08 bits per heavy atom. The van der Waals surface area contributed by atoms with E-state index in [1.807, 2.05) is 72.8 Å². The third-order valence-electron chi connectivity index (χ3n) is 23.9. The summed E-state index contributed by atoms with van der Waals surface area (Å²) < 4.78 is 4.81. The monoisotopic (exact) mass is 1580 g/mol. The van der Waals surface area contributed by atoms with Gasteiger partial charge in [-0.3, -0.25) is 9.97 Å². The molecule has 0 unspecified atom stereocenters. The molecule has 124 heavy (non-hydrogen) atoms. The van der Waals surface area contributed by atoms with Crippen molar-refractivity contribution in [2.24, 2.45) is 0 Å². The standard InChI is InChI=1S/C58H37N5.C56H35N5/c1-4-16-38(17-5-1)39-28-30-43(31-29-39)57-60-56(42-20-8-3-9-21-42)61-58(62-57)48-37-36-45(46-22-10-11-23-47(46)48)40-32-34-44(35-33-40)63-52-27-15-13-25-50(52)53-54(41-18-6-2-7-19-41)59-51-26-14-12-24-49(51)55(53)63;1-2-14-42-39(13-1)33-47(44-16-4-3-15-43(42)44)37-23-25-38(26-24-37)55-54-46-18-6-8-22-53(46)61(56(54)45-17-5-7-19-48(45)60-55)41-29-27-36(28-30-41)40-34-51(49-20-9-11-31-57-49)59-52(35-40)50-21-10-12-32-58-50/h1-37H;1-35H. The van der Waals surface area contributed by atoms with Crippen molar-refractivity contribution in [2.75, 3.05) is 0 Å². The molecule has 24 rings (SSSR count). The molecule has 8 aromatic heterocycles. The van der Waals surface area contributed by atoms with Crippen molar-refractivity contribution in [1.82, 2.24) is 49.0 Å². The number of nitrogens with zero attached hydrogens (tertiary/aromatic N) is 10. The van der Waals surface area contributed by atoms with Gasteiger partial charge in [0.05, 0.1) is 67.3 Å². The van der Waals surface area contributed by atoms with Gasteiger partial charge >= 0.3 is 0 Å². The van der Waals surface area contributed by atoms with Gasteiger partial charge in [0, 0.05) is 83.9 Å². The molecule has 0 N–H and O–H groups in total. The maximum absolute atomic E-state index is 5.41. The minimum absolute atomic E-state index is 0.631. The van der Waals surface area contributed by atoms with E-state index in [1.165, 1.54) is 43.6 Å². The summed E-state index contributed by atoms with van der Waals surface area (Å²) in [6.07, 6.45) is 3.61. The Hall–Kier alpha value is -16.8. The lowest BCUT2D eigenvalue weighted by Gasteiger charge is -2.14. The molecule has 0 amide bonds. The van der Waals surface area contributed by atoms with E-state index in [4.69, 9.17) is 29.9 Å². The quantitative estimate of drug-likeness (QED) is 0.105. The van der Waals surface area contributed by atoms with Crippen molar-refractivity contribution in [3.05, 3.63) is 437 Å². The molecule has 0 aliphatic rings. The normalized spacial score (nSPS) is 11.5. The highest BCUT2D eigenvalue weighted by molar-refractivity contribution is 6.24. The smallest absolute Gasteiger partial charge is 0.164 e. The summed E-state index contributed by atoms with van der Waals surface area (Å²) in [5.74, 6) is 1.90. The summed E-state index contributed by atoms with van der Waals surface area (Å²) >= 11 is 0. The Balaban J connectivity index is 0.000000143. The first-order valence-corrected chi connectivity index (χ1v) is 41.8. The number of fused-ring (bicyclic) bond motifs is 14. The average Bonchev–Trinajstić information content (AvgIpc) is 1.56. The van der Waals surface area contributed by atoms with Gasteiger partial charge in [0.25, 0.3) is 0 Å². The van der Waals surface area contributed by atoms with E-state index in [1.54, 1.807) is 12.4 Å². The van der Waals surface area contributed by atoms with Crippen LogP contribution in [0.5, 0.6) is 0 Å². The van der Waals surface area contributed by atoms with Crippen LogP contribution in [0.25, 0.3) is 233 Å². The predicted octanol–water partition coefficient (Wildman–Crippen LogP) is 28.8. The van der Waals surface area contributed by atoms with Gasteiger partial charge in [-0.1, -0.05) is 328 Å². The molecule has 0 spiro atoms. The minimum atomic E-state index is 0.631. The van der Waals surface area contributed by atoms with Crippen LogP contribution < -0.4 is 0 Å². The van der Waals surface area contributed by atoms with Crippen molar-refractivity contribution in [2.45, 2.75) is 0 Å². The number of aromatic nitrogens is 10. The van der Waals surface area contributed by atoms with Crippen LogP contribution in [0.3, 0.4) is 0 Å². The summed E-state index contributed by atoms with van der Waals surface area (Å²) in [7, 11) is 0. The number of hydrogen-bond donors (Lipinski definition) is 0. The van der Waals surface area contributed by atoms with Gasteiger partial charge < -0.3 is 9.13 Å². The molecule has 0 saturated carbocycles. The second kappa shape index (κ2) is 30.8. The third kappa shape index (κ3) is 12.9. The topological polar surface area (TPSA) is 113 Å². The van der Waals surface area contributed by atoms with Crippen molar-refractivity contribution >= 4 is 97.7 Å². The first kappa shape index (κ1) is 72.4. The van der Waals surface area contributed by atoms with Crippen molar-refractivity contribution in [3.8, 4) is 135 Å². The average molecular weight is 1580 g/mol. The van der Waals surface area contributed by atoms with E-state index < -0.39 is 0 Å². The van der Waals surface area contributed by atoms with Crippen molar-refractivity contribution < 1.29 is 0 Å². The van der Waals surface area contributed by atoms with Crippen LogP contribution in [0.2, 0.25) is 0 Å². The maximum atomic E-state index is 5.41. The molecule has 0 aliphatic heterocycles. The van der Waals surface area contributed by atoms with Crippen LogP contribution in [0.4, 0.5) is 0 Å². The zero-order valence-corrected chi connectivity index (χ0v) is 67.0. The lowest BCUT2D eigenvalue weighted by atomic mass is 9.92. The molecule has 8 heterocycles. The van der Waals surface area contributed by atoms with Gasteiger partial charge in [-0.05, 0) is 174 Å². The molecular formula is C114H72N10. The molecular weight excluding hydrogens is 1510 g/mol. The SMILES string of the molecule is c1ccc(-c2cc(-c3ccc(-n4c5ccccc5c5c(-c6ccc(-c7cc8ccccc8c8ccccc78)cc6)nc6ccccc6c54)cc3)cc(-c3ccccn3)n2)nc1.c1ccc(-c2ccc(-c3nc(-c4ccccc4)nc(-c4ccc(-c5ccc(-n6c7ccccc7c7c(-c8ccccc8)nc8ccccc8c76)cc5)c5ccccc45)n3)cc2)cc1. The zero-order valence-electron chi connectivity index (χ0n) is 67.0. The zero-order chi connectivity index (χ0) is 82.0. The molecule has 578 valence electrons. The van der Waals surface area contributed by atoms with E-state index in [0.29, 0.717) is 17.5 Å². The lowest BCUT2D eigenvalue weighted by Crippen LogP contribution is -2.01. The minimum Gasteiger partial charge on any atom is -0.308 e. The largest absolute Gasteiger partial charge is 0.308 e. The van der Waals surface area contributed by atoms with Crippen molar-refractivity contribution in [3.63, 3.8) is 0 Å². The highest BCUT2D eigenvalue weighted by atomic mass is 15.0. The van der Waals surface area contributed by atoms with Gasteiger partial charge in [0.2, 0.25) is 0 Å². The summed E-state index contributed by atoms with van der Waals surface area (Å²) in [4.78, 5) is 40.2. The maximum Gasteiger partial charge on any atom is 0.164 e. The van der Waals surface area contributed by atoms with Crippen molar-refractivity contribution in [1.29, 1.82) is 0 Å². The molecule has 10 nitrogen and oxygen atoms in total. The predicted molar refractivity (Wildman–Crippen MR) is 511 cm³/mol. The second-order valence-electron chi connectivity index (χ2n) is 31.2. The van der Waals surface area contributed by atoms with E-state index in [2.05, 4.69) is 371 Å². The number of para-hydroxylation sites is 4. The fourth-order valence-corrected chi connectivity index (χ4v) is 18.1. The highest BCUT2D eigenvalue weighted by Crippen LogP contribution is 2.46. The molecule has 0 saturated heterocycles.